The molecule has 1 fully saturated rings. The second kappa shape index (κ2) is 10.2. The van der Waals surface area contributed by atoms with Crippen molar-refractivity contribution in [2.75, 3.05) is 10.6 Å². The Balaban J connectivity index is 0.00000272. The molecule has 7 heteroatoms. The lowest BCUT2D eigenvalue weighted by Gasteiger charge is -2.21. The summed E-state index contributed by atoms with van der Waals surface area (Å²) in [4.78, 5) is 21.2. The van der Waals surface area contributed by atoms with Gasteiger partial charge in [0, 0.05) is 30.8 Å². The molecule has 0 spiro atoms. The summed E-state index contributed by atoms with van der Waals surface area (Å²) in [5, 5.41) is 15.8. The molecule has 0 saturated heterocycles. The molecule has 1 aromatic carbocycles. The zero-order valence-corrected chi connectivity index (χ0v) is 18.8. The highest BCUT2D eigenvalue weighted by molar-refractivity contribution is 8.93. The second-order valence-corrected chi connectivity index (χ2v) is 7.54. The van der Waals surface area contributed by atoms with E-state index in [1.54, 1.807) is 30.7 Å². The molecule has 1 saturated carbocycles. The fourth-order valence-corrected chi connectivity index (χ4v) is 3.93. The van der Waals surface area contributed by atoms with Crippen LogP contribution in [0.1, 0.15) is 47.2 Å². The van der Waals surface area contributed by atoms with E-state index in [0.717, 1.165) is 36.8 Å². The predicted octanol–water partition coefficient (Wildman–Crippen LogP) is 5.25. The summed E-state index contributed by atoms with van der Waals surface area (Å²) in [5.74, 6) is 0.293. The van der Waals surface area contributed by atoms with E-state index in [2.05, 4.69) is 26.7 Å². The average Bonchev–Trinajstić information content (AvgIpc) is 3.29. The monoisotopic (exact) mass is 477 g/mol. The summed E-state index contributed by atoms with van der Waals surface area (Å²) in [5.41, 5.74) is 2.87. The fourth-order valence-electron chi connectivity index (χ4n) is 3.93. The van der Waals surface area contributed by atoms with Gasteiger partial charge >= 0.3 is 0 Å². The third-order valence-corrected chi connectivity index (χ3v) is 5.63. The Hall–Kier alpha value is -3.24. The Morgan fingerprint density at radius 1 is 1.03 bits per heavy atom. The number of nitriles is 1. The van der Waals surface area contributed by atoms with Crippen molar-refractivity contribution in [1.82, 2.24) is 9.97 Å². The molecule has 31 heavy (non-hydrogen) atoms. The molecule has 1 amide bonds. The van der Waals surface area contributed by atoms with Crippen molar-refractivity contribution in [3.63, 3.8) is 0 Å². The second-order valence-electron chi connectivity index (χ2n) is 7.54. The zero-order chi connectivity index (χ0) is 20.8. The third-order valence-electron chi connectivity index (χ3n) is 5.63. The maximum Gasteiger partial charge on any atom is 0.259 e. The molecular weight excluding hydrogens is 454 g/mol. The molecule has 0 aliphatic heterocycles. The van der Waals surface area contributed by atoms with Gasteiger partial charge in [0.05, 0.1) is 17.0 Å². The van der Waals surface area contributed by atoms with Gasteiger partial charge < -0.3 is 10.6 Å². The number of amides is 1. The van der Waals surface area contributed by atoms with E-state index in [1.807, 2.05) is 36.4 Å². The zero-order valence-electron chi connectivity index (χ0n) is 17.0. The van der Waals surface area contributed by atoms with Gasteiger partial charge in [0.2, 0.25) is 0 Å². The van der Waals surface area contributed by atoms with Gasteiger partial charge in [-0.1, -0.05) is 25.0 Å². The number of rotatable bonds is 6. The van der Waals surface area contributed by atoms with Crippen LogP contribution in [0.15, 0.2) is 67.1 Å². The number of carbonyl (C=O) groups excluding carboxylic acids is 1. The fraction of sp³-hybridized carbons (Fsp3) is 0.250. The smallest absolute Gasteiger partial charge is 0.259 e. The highest BCUT2D eigenvalue weighted by Gasteiger charge is 2.35. The molecule has 2 N–H and O–H groups in total. The number of benzene rings is 1. The molecular formula is C24H24BrN5O. The van der Waals surface area contributed by atoms with E-state index < -0.39 is 0 Å². The number of aromatic nitrogens is 2. The molecule has 2 heterocycles. The van der Waals surface area contributed by atoms with Crippen molar-refractivity contribution in [2.24, 2.45) is 0 Å². The van der Waals surface area contributed by atoms with Crippen LogP contribution in [0, 0.1) is 11.3 Å². The number of hydrogen-bond acceptors (Lipinski definition) is 5. The van der Waals surface area contributed by atoms with E-state index in [0.29, 0.717) is 23.6 Å². The minimum Gasteiger partial charge on any atom is -0.365 e. The first-order chi connectivity index (χ1) is 14.7. The lowest BCUT2D eigenvalue weighted by Crippen LogP contribution is -2.19. The van der Waals surface area contributed by atoms with Crippen LogP contribution in [0.25, 0.3) is 0 Å². The summed E-state index contributed by atoms with van der Waals surface area (Å²) < 4.78 is 0. The van der Waals surface area contributed by atoms with Crippen molar-refractivity contribution in [2.45, 2.75) is 37.6 Å². The lowest BCUT2D eigenvalue weighted by atomic mass is 9.80. The highest BCUT2D eigenvalue weighted by Crippen LogP contribution is 2.40. The van der Waals surface area contributed by atoms with Gasteiger partial charge in [-0.25, -0.2) is 4.98 Å². The largest absolute Gasteiger partial charge is 0.365 e. The van der Waals surface area contributed by atoms with Gasteiger partial charge in [0.1, 0.15) is 5.82 Å². The summed E-state index contributed by atoms with van der Waals surface area (Å²) in [6.07, 6.45) is 9.09. The van der Waals surface area contributed by atoms with Crippen LogP contribution in [-0.2, 0) is 12.0 Å². The van der Waals surface area contributed by atoms with Crippen LogP contribution in [0.4, 0.5) is 11.5 Å². The minimum atomic E-state index is -0.379. The molecule has 6 nitrogen and oxygen atoms in total. The first kappa shape index (κ1) is 22.4. The molecule has 0 bridgehead atoms. The number of pyridine rings is 2. The first-order valence-corrected chi connectivity index (χ1v) is 10.1. The van der Waals surface area contributed by atoms with Crippen molar-refractivity contribution in [1.29, 1.82) is 5.26 Å². The van der Waals surface area contributed by atoms with Crippen molar-refractivity contribution < 1.29 is 4.79 Å². The van der Waals surface area contributed by atoms with Crippen LogP contribution in [-0.4, -0.2) is 15.9 Å². The van der Waals surface area contributed by atoms with Crippen LogP contribution >= 0.6 is 17.0 Å². The molecule has 2 aromatic heterocycles. The molecule has 0 radical (unpaired) electrons. The quantitative estimate of drug-likeness (QED) is 0.505. The topological polar surface area (TPSA) is 90.7 Å². The van der Waals surface area contributed by atoms with Crippen LogP contribution in [0.3, 0.4) is 0 Å². The Morgan fingerprint density at radius 2 is 1.74 bits per heavy atom. The Labute approximate surface area is 192 Å². The van der Waals surface area contributed by atoms with E-state index in [4.69, 9.17) is 0 Å². The highest BCUT2D eigenvalue weighted by atomic mass is 79.9. The SMILES string of the molecule is Br.N#CC1(c2ccc(NC(=O)c3cccnc3NCc3ccncc3)cc2)CCCC1. The van der Waals surface area contributed by atoms with Gasteiger partial charge in [-0.05, 0) is 60.4 Å². The van der Waals surface area contributed by atoms with Gasteiger partial charge in [-0.15, -0.1) is 17.0 Å². The molecule has 4 rings (SSSR count). The van der Waals surface area contributed by atoms with Crippen LogP contribution < -0.4 is 10.6 Å². The Morgan fingerprint density at radius 3 is 2.42 bits per heavy atom. The van der Waals surface area contributed by atoms with Gasteiger partial charge in [0.25, 0.3) is 5.91 Å². The molecule has 1 aliphatic rings. The van der Waals surface area contributed by atoms with Gasteiger partial charge in [-0.3, -0.25) is 9.78 Å². The Kier molecular flexibility index (Phi) is 7.37. The van der Waals surface area contributed by atoms with E-state index >= 15 is 0 Å². The van der Waals surface area contributed by atoms with Gasteiger partial charge in [-0.2, -0.15) is 5.26 Å². The van der Waals surface area contributed by atoms with Crippen molar-refractivity contribution >= 4 is 34.4 Å². The average molecular weight is 478 g/mol. The molecule has 0 unspecified atom stereocenters. The summed E-state index contributed by atoms with van der Waals surface area (Å²) in [7, 11) is 0. The molecule has 1 aliphatic carbocycles. The first-order valence-electron chi connectivity index (χ1n) is 10.1. The Bertz CT molecular complexity index is 1060. The maximum absolute atomic E-state index is 12.9. The lowest BCUT2D eigenvalue weighted by molar-refractivity contribution is 0.102. The van der Waals surface area contributed by atoms with E-state index in [1.165, 1.54) is 0 Å². The summed E-state index contributed by atoms with van der Waals surface area (Å²) in [6, 6.07) is 17.5. The number of hydrogen-bond donors (Lipinski definition) is 2. The minimum absolute atomic E-state index is 0. The number of anilines is 2. The standard InChI is InChI=1S/C24H23N5O.BrH/c25-17-24(11-1-2-12-24)19-5-7-20(8-6-19)29-23(30)21-4-3-13-27-22(21)28-16-18-9-14-26-15-10-18;/h3-10,13-15H,1-2,11-12,16H2,(H,27,28)(H,29,30);1H. The molecule has 0 atom stereocenters. The number of carbonyl (C=O) groups is 1. The summed E-state index contributed by atoms with van der Waals surface area (Å²) in [6.45, 7) is 0.546. The number of nitrogens with one attached hydrogen (secondary N) is 2. The van der Waals surface area contributed by atoms with E-state index in [-0.39, 0.29) is 28.3 Å². The van der Waals surface area contributed by atoms with Crippen LogP contribution in [0.5, 0.6) is 0 Å². The van der Waals surface area contributed by atoms with Crippen molar-refractivity contribution in [3.05, 3.63) is 83.8 Å². The summed E-state index contributed by atoms with van der Waals surface area (Å²) >= 11 is 0. The molecule has 158 valence electrons. The van der Waals surface area contributed by atoms with Crippen molar-refractivity contribution in [3.8, 4) is 6.07 Å². The maximum atomic E-state index is 12.9. The third kappa shape index (κ3) is 5.09. The number of nitrogens with zero attached hydrogens (tertiary/aromatic N) is 3. The molecule has 3 aromatic rings. The predicted molar refractivity (Wildman–Crippen MR) is 126 cm³/mol. The van der Waals surface area contributed by atoms with Crippen LogP contribution in [0.2, 0.25) is 0 Å². The van der Waals surface area contributed by atoms with E-state index in [9.17, 15) is 10.1 Å². The number of halogens is 1. The normalized spacial score (nSPS) is 14.2. The van der Waals surface area contributed by atoms with Gasteiger partial charge in [0.15, 0.2) is 0 Å².